The summed E-state index contributed by atoms with van der Waals surface area (Å²) in [5.41, 5.74) is 1.11. The average Bonchev–Trinajstić information content (AvgIpc) is 2.30. The van der Waals surface area contributed by atoms with Gasteiger partial charge in [-0.3, -0.25) is 14.9 Å². The third kappa shape index (κ3) is 4.84. The lowest BCUT2D eigenvalue weighted by Gasteiger charge is -2.07. The van der Waals surface area contributed by atoms with E-state index in [1.807, 2.05) is 5.32 Å². The topological polar surface area (TPSA) is 87.3 Å². The first kappa shape index (κ1) is 14.0. The lowest BCUT2D eigenvalue weighted by atomic mass is 10.3. The van der Waals surface area contributed by atoms with Crippen LogP contribution in [0.5, 0.6) is 0 Å². The standard InChI is InChI=1S/C11H12ClN3O3/c1-7(16)13-8-2-4-9(5-3-8)14-11(18)15-10(17)6-12/h2-5H,6H2,1H3,(H,13,16)(H2,14,15,17,18). The summed E-state index contributed by atoms with van der Waals surface area (Å²) in [4.78, 5) is 32.9. The van der Waals surface area contributed by atoms with Crippen molar-refractivity contribution < 1.29 is 14.4 Å². The highest BCUT2D eigenvalue weighted by Gasteiger charge is 2.06. The van der Waals surface area contributed by atoms with E-state index in [1.165, 1.54) is 6.92 Å². The summed E-state index contributed by atoms with van der Waals surface area (Å²) in [5, 5.41) is 7.07. The molecule has 0 aliphatic heterocycles. The lowest BCUT2D eigenvalue weighted by molar-refractivity contribution is -0.117. The molecule has 0 aliphatic carbocycles. The number of carbonyl (C=O) groups excluding carboxylic acids is 3. The number of hydrogen-bond acceptors (Lipinski definition) is 3. The van der Waals surface area contributed by atoms with Gasteiger partial charge < -0.3 is 10.6 Å². The van der Waals surface area contributed by atoms with Crippen LogP contribution in [0.1, 0.15) is 6.92 Å². The van der Waals surface area contributed by atoms with Gasteiger partial charge in [0.25, 0.3) is 0 Å². The van der Waals surface area contributed by atoms with Gasteiger partial charge >= 0.3 is 6.03 Å². The molecule has 0 atom stereocenters. The maximum Gasteiger partial charge on any atom is 0.325 e. The minimum Gasteiger partial charge on any atom is -0.326 e. The number of alkyl halides is 1. The molecule has 0 aromatic heterocycles. The number of urea groups is 1. The van der Waals surface area contributed by atoms with Crippen LogP contribution in [0.2, 0.25) is 0 Å². The number of amides is 4. The van der Waals surface area contributed by atoms with Crippen LogP contribution in [0.3, 0.4) is 0 Å². The zero-order chi connectivity index (χ0) is 13.5. The molecule has 0 unspecified atom stereocenters. The summed E-state index contributed by atoms with van der Waals surface area (Å²) >= 11 is 5.24. The summed E-state index contributed by atoms with van der Waals surface area (Å²) in [7, 11) is 0. The highest BCUT2D eigenvalue weighted by molar-refractivity contribution is 6.28. The van der Waals surface area contributed by atoms with Gasteiger partial charge in [0.05, 0.1) is 0 Å². The van der Waals surface area contributed by atoms with Gasteiger partial charge in [-0.15, -0.1) is 11.6 Å². The highest BCUT2D eigenvalue weighted by Crippen LogP contribution is 2.13. The van der Waals surface area contributed by atoms with Crippen molar-refractivity contribution in [2.45, 2.75) is 6.92 Å². The number of halogens is 1. The minimum absolute atomic E-state index is 0.179. The van der Waals surface area contributed by atoms with Gasteiger partial charge in [-0.1, -0.05) is 0 Å². The van der Waals surface area contributed by atoms with Crippen molar-refractivity contribution in [3.05, 3.63) is 24.3 Å². The van der Waals surface area contributed by atoms with Crippen LogP contribution in [0.25, 0.3) is 0 Å². The second kappa shape index (κ2) is 6.61. The normalized spacial score (nSPS) is 9.44. The fraction of sp³-hybridized carbons (Fsp3) is 0.182. The number of hydrogen-bond donors (Lipinski definition) is 3. The van der Waals surface area contributed by atoms with Gasteiger partial charge in [0.15, 0.2) is 0 Å². The second-order valence-corrected chi connectivity index (χ2v) is 3.66. The molecule has 0 radical (unpaired) electrons. The van der Waals surface area contributed by atoms with Crippen LogP contribution in [-0.4, -0.2) is 23.7 Å². The lowest BCUT2D eigenvalue weighted by Crippen LogP contribution is -2.35. The maximum absolute atomic E-state index is 11.3. The van der Waals surface area contributed by atoms with Crippen molar-refractivity contribution in [3.63, 3.8) is 0 Å². The predicted octanol–water partition coefficient (Wildman–Crippen LogP) is 1.53. The third-order valence-corrected chi connectivity index (χ3v) is 2.08. The van der Waals surface area contributed by atoms with Crippen LogP contribution < -0.4 is 16.0 Å². The van der Waals surface area contributed by atoms with Crippen molar-refractivity contribution in [1.82, 2.24) is 5.32 Å². The summed E-state index contributed by atoms with van der Waals surface area (Å²) in [5.74, 6) is -1.04. The molecule has 1 aromatic rings. The number of nitrogens with one attached hydrogen (secondary N) is 3. The van der Waals surface area contributed by atoms with E-state index in [-0.39, 0.29) is 11.8 Å². The van der Waals surface area contributed by atoms with Crippen molar-refractivity contribution in [2.24, 2.45) is 0 Å². The molecule has 0 heterocycles. The van der Waals surface area contributed by atoms with E-state index in [4.69, 9.17) is 11.6 Å². The molecule has 3 N–H and O–H groups in total. The van der Waals surface area contributed by atoms with E-state index in [9.17, 15) is 14.4 Å². The zero-order valence-corrected chi connectivity index (χ0v) is 10.4. The Morgan fingerprint density at radius 1 is 1.06 bits per heavy atom. The molecule has 0 saturated heterocycles. The van der Waals surface area contributed by atoms with E-state index in [2.05, 4.69) is 10.6 Å². The highest BCUT2D eigenvalue weighted by atomic mass is 35.5. The molecule has 0 aliphatic rings. The van der Waals surface area contributed by atoms with E-state index >= 15 is 0 Å². The quantitative estimate of drug-likeness (QED) is 0.727. The van der Waals surface area contributed by atoms with Gasteiger partial charge in [-0.25, -0.2) is 4.79 Å². The van der Waals surface area contributed by atoms with Crippen LogP contribution in [0.4, 0.5) is 16.2 Å². The number of benzene rings is 1. The van der Waals surface area contributed by atoms with E-state index in [0.29, 0.717) is 11.4 Å². The van der Waals surface area contributed by atoms with E-state index in [1.54, 1.807) is 24.3 Å². The summed E-state index contributed by atoms with van der Waals surface area (Å²) in [6.45, 7) is 1.40. The Bertz CT molecular complexity index is 459. The molecular formula is C11H12ClN3O3. The molecule has 0 spiro atoms. The van der Waals surface area contributed by atoms with Crippen LogP contribution in [0.15, 0.2) is 24.3 Å². The third-order valence-electron chi connectivity index (χ3n) is 1.84. The summed E-state index contributed by atoms with van der Waals surface area (Å²) < 4.78 is 0. The fourth-order valence-electron chi connectivity index (χ4n) is 1.16. The molecule has 1 aromatic carbocycles. The molecule has 7 heteroatoms. The zero-order valence-electron chi connectivity index (χ0n) is 9.62. The smallest absolute Gasteiger partial charge is 0.325 e. The Morgan fingerprint density at radius 3 is 2.00 bits per heavy atom. The number of anilines is 2. The van der Waals surface area contributed by atoms with Gasteiger partial charge in [0.2, 0.25) is 11.8 Å². The molecule has 0 saturated carbocycles. The molecule has 6 nitrogen and oxygen atoms in total. The van der Waals surface area contributed by atoms with Gasteiger partial charge in [0, 0.05) is 18.3 Å². The second-order valence-electron chi connectivity index (χ2n) is 3.39. The van der Waals surface area contributed by atoms with Crippen LogP contribution in [-0.2, 0) is 9.59 Å². The first-order valence-corrected chi connectivity index (χ1v) is 5.59. The fourth-order valence-corrected chi connectivity index (χ4v) is 1.23. The Kier molecular flexibility index (Phi) is 5.13. The van der Waals surface area contributed by atoms with Crippen LogP contribution in [0, 0.1) is 0 Å². The predicted molar refractivity (Wildman–Crippen MR) is 68.6 cm³/mol. The monoisotopic (exact) mass is 269 g/mol. The summed E-state index contributed by atoms with van der Waals surface area (Å²) in [6, 6.07) is 5.78. The Hall–Kier alpha value is -2.08. The molecule has 18 heavy (non-hydrogen) atoms. The molecule has 0 fully saturated rings. The van der Waals surface area contributed by atoms with Crippen molar-refractivity contribution in [3.8, 4) is 0 Å². The SMILES string of the molecule is CC(=O)Nc1ccc(NC(=O)NC(=O)CCl)cc1. The van der Waals surface area contributed by atoms with E-state index in [0.717, 1.165) is 0 Å². The molecule has 1 rings (SSSR count). The Labute approximate surface area is 109 Å². The number of carbonyl (C=O) groups is 3. The van der Waals surface area contributed by atoms with Crippen molar-refractivity contribution >= 4 is 40.8 Å². The molecule has 4 amide bonds. The number of imide groups is 1. The molecular weight excluding hydrogens is 258 g/mol. The molecule has 96 valence electrons. The Morgan fingerprint density at radius 2 is 1.56 bits per heavy atom. The Balaban J connectivity index is 2.55. The van der Waals surface area contributed by atoms with E-state index < -0.39 is 11.9 Å². The van der Waals surface area contributed by atoms with Gasteiger partial charge in [-0.2, -0.15) is 0 Å². The maximum atomic E-state index is 11.3. The minimum atomic E-state index is -0.659. The van der Waals surface area contributed by atoms with Crippen molar-refractivity contribution in [2.75, 3.05) is 16.5 Å². The van der Waals surface area contributed by atoms with Gasteiger partial charge in [0.1, 0.15) is 5.88 Å². The largest absolute Gasteiger partial charge is 0.326 e. The first-order valence-electron chi connectivity index (χ1n) is 5.05. The van der Waals surface area contributed by atoms with Gasteiger partial charge in [-0.05, 0) is 24.3 Å². The summed E-state index contributed by atoms with van der Waals surface area (Å²) in [6.07, 6.45) is 0. The average molecular weight is 270 g/mol. The molecule has 0 bridgehead atoms. The van der Waals surface area contributed by atoms with Crippen LogP contribution >= 0.6 is 11.6 Å². The first-order chi connectivity index (χ1) is 8.51. The number of rotatable bonds is 3. The van der Waals surface area contributed by atoms with Crippen molar-refractivity contribution in [1.29, 1.82) is 0 Å².